The van der Waals surface area contributed by atoms with Gasteiger partial charge >= 0.3 is 0 Å². The highest BCUT2D eigenvalue weighted by Gasteiger charge is 2.18. The van der Waals surface area contributed by atoms with Gasteiger partial charge in [0.1, 0.15) is 11.3 Å². The molecule has 0 radical (unpaired) electrons. The molecule has 0 saturated carbocycles. The lowest BCUT2D eigenvalue weighted by Gasteiger charge is -2.28. The summed E-state index contributed by atoms with van der Waals surface area (Å²) < 4.78 is 6.24. The summed E-state index contributed by atoms with van der Waals surface area (Å²) in [6.07, 6.45) is 0. The van der Waals surface area contributed by atoms with Crippen LogP contribution in [0.15, 0.2) is 241 Å². The maximum Gasteiger partial charge on any atom is 0.135 e. The Labute approximate surface area is 349 Å². The fourth-order valence-electron chi connectivity index (χ4n) is 8.62. The van der Waals surface area contributed by atoms with Gasteiger partial charge in [0.15, 0.2) is 0 Å². The van der Waals surface area contributed by atoms with Crippen molar-refractivity contribution in [1.82, 2.24) is 0 Å². The number of para-hydroxylation sites is 1. The maximum atomic E-state index is 6.24. The first-order valence-electron chi connectivity index (χ1n) is 20.5. The van der Waals surface area contributed by atoms with Gasteiger partial charge in [-0.25, -0.2) is 0 Å². The molecule has 282 valence electrons. The highest BCUT2D eigenvalue weighted by Crippen LogP contribution is 2.43. The van der Waals surface area contributed by atoms with Gasteiger partial charge in [-0.1, -0.05) is 170 Å². The number of benzene rings is 10. The van der Waals surface area contributed by atoms with Crippen molar-refractivity contribution in [2.24, 2.45) is 0 Å². The van der Waals surface area contributed by atoms with Gasteiger partial charge in [-0.3, -0.25) is 0 Å². The lowest BCUT2D eigenvalue weighted by Crippen LogP contribution is -2.10. The first-order valence-corrected chi connectivity index (χ1v) is 20.5. The largest absolute Gasteiger partial charge is 0.456 e. The van der Waals surface area contributed by atoms with Crippen LogP contribution in [0.25, 0.3) is 88.3 Å². The van der Waals surface area contributed by atoms with E-state index in [0.717, 1.165) is 56.0 Å². The SMILES string of the molecule is c1ccc(-c2cc(-c3ccccc3)cc(-c3ccc(N(c4ccc(-c5cccc(-c6cc7ccccc7o6)c5)cc4)c4cc5ccccc5c5ccccc45)cc3)c2)cc1. The van der Waals surface area contributed by atoms with Gasteiger partial charge in [0, 0.05) is 27.7 Å². The minimum Gasteiger partial charge on any atom is -0.456 e. The molecular formula is C58H39NO. The zero-order chi connectivity index (χ0) is 39.8. The summed E-state index contributed by atoms with van der Waals surface area (Å²) in [5.41, 5.74) is 14.7. The average molecular weight is 766 g/mol. The van der Waals surface area contributed by atoms with E-state index in [0.29, 0.717) is 0 Å². The number of rotatable bonds is 8. The minimum atomic E-state index is 0.871. The van der Waals surface area contributed by atoms with Crippen molar-refractivity contribution in [1.29, 1.82) is 0 Å². The van der Waals surface area contributed by atoms with E-state index in [1.54, 1.807) is 0 Å². The van der Waals surface area contributed by atoms with E-state index in [9.17, 15) is 0 Å². The van der Waals surface area contributed by atoms with Crippen molar-refractivity contribution in [2.45, 2.75) is 0 Å². The molecule has 1 aromatic heterocycles. The Kier molecular flexibility index (Phi) is 8.87. The monoisotopic (exact) mass is 765 g/mol. The molecule has 11 aromatic rings. The normalized spacial score (nSPS) is 11.3. The van der Waals surface area contributed by atoms with Crippen molar-refractivity contribution in [3.63, 3.8) is 0 Å². The van der Waals surface area contributed by atoms with Crippen LogP contribution < -0.4 is 4.90 Å². The van der Waals surface area contributed by atoms with Crippen LogP contribution in [0.5, 0.6) is 0 Å². The van der Waals surface area contributed by atoms with Crippen molar-refractivity contribution in [2.75, 3.05) is 4.90 Å². The Bertz CT molecular complexity index is 3200. The number of furan rings is 1. The van der Waals surface area contributed by atoms with E-state index in [1.165, 1.54) is 49.4 Å². The van der Waals surface area contributed by atoms with Crippen molar-refractivity contribution in [3.05, 3.63) is 237 Å². The van der Waals surface area contributed by atoms with Crippen LogP contribution in [0.2, 0.25) is 0 Å². The smallest absolute Gasteiger partial charge is 0.135 e. The fourth-order valence-corrected chi connectivity index (χ4v) is 8.62. The lowest BCUT2D eigenvalue weighted by atomic mass is 9.93. The zero-order valence-corrected chi connectivity index (χ0v) is 32.9. The van der Waals surface area contributed by atoms with Crippen molar-refractivity contribution < 1.29 is 4.42 Å². The minimum absolute atomic E-state index is 0.871. The van der Waals surface area contributed by atoms with Crippen LogP contribution in [-0.2, 0) is 0 Å². The molecule has 0 amide bonds. The second-order valence-electron chi connectivity index (χ2n) is 15.4. The molecule has 0 aliphatic heterocycles. The summed E-state index contributed by atoms with van der Waals surface area (Å²) in [4.78, 5) is 2.41. The molecule has 0 bridgehead atoms. The summed E-state index contributed by atoms with van der Waals surface area (Å²) >= 11 is 0. The first kappa shape index (κ1) is 35.2. The molecule has 0 atom stereocenters. The first-order chi connectivity index (χ1) is 29.7. The van der Waals surface area contributed by atoms with Gasteiger partial charge in [-0.2, -0.15) is 0 Å². The lowest BCUT2D eigenvalue weighted by molar-refractivity contribution is 0.631. The molecule has 0 aliphatic rings. The Morgan fingerprint density at radius 1 is 0.267 bits per heavy atom. The second-order valence-corrected chi connectivity index (χ2v) is 15.4. The highest BCUT2D eigenvalue weighted by molar-refractivity contribution is 6.14. The molecule has 0 spiro atoms. The van der Waals surface area contributed by atoms with E-state index in [1.807, 2.05) is 18.2 Å². The van der Waals surface area contributed by atoms with Gasteiger partial charge in [-0.15, -0.1) is 0 Å². The third kappa shape index (κ3) is 6.61. The summed E-state index contributed by atoms with van der Waals surface area (Å²) in [5.74, 6) is 0.871. The quantitative estimate of drug-likeness (QED) is 0.143. The molecule has 11 rings (SSSR count). The number of anilines is 3. The second kappa shape index (κ2) is 15.1. The fraction of sp³-hybridized carbons (Fsp3) is 0. The average Bonchev–Trinajstić information content (AvgIpc) is 3.78. The van der Waals surface area contributed by atoms with Gasteiger partial charge in [0.2, 0.25) is 0 Å². The third-order valence-electron chi connectivity index (χ3n) is 11.6. The molecule has 0 aliphatic carbocycles. The highest BCUT2D eigenvalue weighted by atomic mass is 16.3. The van der Waals surface area contributed by atoms with Crippen LogP contribution in [-0.4, -0.2) is 0 Å². The van der Waals surface area contributed by atoms with Crippen molar-refractivity contribution >= 4 is 49.6 Å². The number of fused-ring (bicyclic) bond motifs is 4. The third-order valence-corrected chi connectivity index (χ3v) is 11.6. The van der Waals surface area contributed by atoms with Gasteiger partial charge < -0.3 is 9.32 Å². The number of hydrogen-bond donors (Lipinski definition) is 0. The maximum absolute atomic E-state index is 6.24. The number of nitrogens with zero attached hydrogens (tertiary/aromatic N) is 1. The van der Waals surface area contributed by atoms with E-state index in [2.05, 4.69) is 223 Å². The molecule has 0 fully saturated rings. The molecular weight excluding hydrogens is 727 g/mol. The van der Waals surface area contributed by atoms with Crippen LogP contribution in [0.1, 0.15) is 0 Å². The van der Waals surface area contributed by atoms with Gasteiger partial charge in [0.25, 0.3) is 0 Å². The van der Waals surface area contributed by atoms with E-state index >= 15 is 0 Å². The summed E-state index contributed by atoms with van der Waals surface area (Å²) in [6.45, 7) is 0. The summed E-state index contributed by atoms with van der Waals surface area (Å²) in [7, 11) is 0. The Morgan fingerprint density at radius 2 is 0.717 bits per heavy atom. The molecule has 60 heavy (non-hydrogen) atoms. The Balaban J connectivity index is 1.02. The van der Waals surface area contributed by atoms with Gasteiger partial charge in [-0.05, 0) is 127 Å². The van der Waals surface area contributed by atoms with E-state index in [-0.39, 0.29) is 0 Å². The van der Waals surface area contributed by atoms with Gasteiger partial charge in [0.05, 0.1) is 5.69 Å². The van der Waals surface area contributed by atoms with Crippen LogP contribution >= 0.6 is 0 Å². The molecule has 1 heterocycles. The molecule has 10 aromatic carbocycles. The topological polar surface area (TPSA) is 16.4 Å². The van der Waals surface area contributed by atoms with E-state index < -0.39 is 0 Å². The van der Waals surface area contributed by atoms with Crippen LogP contribution in [0, 0.1) is 0 Å². The molecule has 2 heteroatoms. The van der Waals surface area contributed by atoms with E-state index in [4.69, 9.17) is 4.42 Å². The Hall–Kier alpha value is -7.94. The molecule has 2 nitrogen and oxygen atoms in total. The molecule has 0 saturated heterocycles. The summed E-state index contributed by atoms with van der Waals surface area (Å²) in [6, 6.07) is 85.0. The molecule has 0 N–H and O–H groups in total. The standard InChI is InChI=1S/C58H39NO/c1-3-14-40(15-4-1)48-35-49(41-16-5-2-6-17-41)37-50(36-48)43-28-32-52(33-29-43)59(56-38-45-18-7-9-22-53(45)54-23-10-11-24-55(54)56)51-30-26-42(27-31-51)44-20-13-21-46(34-44)58-39-47-19-8-12-25-57(47)60-58/h1-39H. The van der Waals surface area contributed by atoms with Crippen LogP contribution in [0.4, 0.5) is 17.1 Å². The predicted octanol–water partition coefficient (Wildman–Crippen LogP) is 16.5. The van der Waals surface area contributed by atoms with Crippen molar-refractivity contribution in [3.8, 4) is 55.8 Å². The number of hydrogen-bond acceptors (Lipinski definition) is 2. The Morgan fingerprint density at radius 3 is 1.33 bits per heavy atom. The predicted molar refractivity (Wildman–Crippen MR) is 253 cm³/mol. The molecule has 0 unspecified atom stereocenters. The zero-order valence-electron chi connectivity index (χ0n) is 32.9. The summed E-state index contributed by atoms with van der Waals surface area (Å²) in [5, 5.41) is 6.00. The van der Waals surface area contributed by atoms with Crippen LogP contribution in [0.3, 0.4) is 0 Å².